The predicted molar refractivity (Wildman–Crippen MR) is 111 cm³/mol. The number of rotatable bonds is 10. The molecule has 0 heterocycles. The van der Waals surface area contributed by atoms with Gasteiger partial charge in [-0.25, -0.2) is 0 Å². The standard InChI is InChI=1S/C20H26BrNO3.ClH/c1-3-17(13-23)22-12-16-10-18(21)20(19(11-16)24-4-2)25-14-15-8-6-5-7-9-15;/h5-11,17,22-23H,3-4,12-14H2,1-2H3;1H. The maximum atomic E-state index is 9.30. The Labute approximate surface area is 170 Å². The third-order valence-corrected chi connectivity index (χ3v) is 4.49. The van der Waals surface area contributed by atoms with Gasteiger partial charge in [-0.2, -0.15) is 0 Å². The predicted octanol–water partition coefficient (Wildman–Crippen LogP) is 4.71. The zero-order chi connectivity index (χ0) is 18.1. The highest BCUT2D eigenvalue weighted by atomic mass is 79.9. The van der Waals surface area contributed by atoms with E-state index in [0.717, 1.165) is 27.8 Å². The van der Waals surface area contributed by atoms with Crippen molar-refractivity contribution in [2.75, 3.05) is 13.2 Å². The topological polar surface area (TPSA) is 50.7 Å². The van der Waals surface area contributed by atoms with Gasteiger partial charge in [0.2, 0.25) is 0 Å². The lowest BCUT2D eigenvalue weighted by Crippen LogP contribution is -2.31. The summed E-state index contributed by atoms with van der Waals surface area (Å²) in [5, 5.41) is 12.6. The van der Waals surface area contributed by atoms with Gasteiger partial charge in [0.25, 0.3) is 0 Å². The van der Waals surface area contributed by atoms with Crippen LogP contribution in [0.3, 0.4) is 0 Å². The summed E-state index contributed by atoms with van der Waals surface area (Å²) in [6.45, 7) is 5.86. The van der Waals surface area contributed by atoms with Crippen LogP contribution in [0.4, 0.5) is 0 Å². The fourth-order valence-electron chi connectivity index (χ4n) is 2.46. The molecule has 0 saturated heterocycles. The molecule has 0 aliphatic carbocycles. The van der Waals surface area contributed by atoms with Gasteiger partial charge < -0.3 is 19.9 Å². The Bertz CT molecular complexity index is 651. The van der Waals surface area contributed by atoms with Crippen LogP contribution in [0, 0.1) is 0 Å². The molecule has 1 atom stereocenters. The number of hydrogen-bond donors (Lipinski definition) is 2. The number of ether oxygens (including phenoxy) is 2. The number of hydrogen-bond acceptors (Lipinski definition) is 4. The molecular formula is C20H27BrClNO3. The summed E-state index contributed by atoms with van der Waals surface area (Å²) in [5.74, 6) is 1.44. The molecule has 0 aliphatic heterocycles. The maximum Gasteiger partial charge on any atom is 0.175 e. The van der Waals surface area contributed by atoms with Crippen molar-refractivity contribution in [1.29, 1.82) is 0 Å². The van der Waals surface area contributed by atoms with Gasteiger partial charge in [0, 0.05) is 12.6 Å². The molecule has 1 unspecified atom stereocenters. The third kappa shape index (κ3) is 6.80. The van der Waals surface area contributed by atoms with Gasteiger partial charge in [0.05, 0.1) is 17.7 Å². The Hall–Kier alpha value is -1.27. The van der Waals surface area contributed by atoms with E-state index in [1.165, 1.54) is 0 Å². The summed E-state index contributed by atoms with van der Waals surface area (Å²) in [6, 6.07) is 14.2. The zero-order valence-electron chi connectivity index (χ0n) is 15.2. The Morgan fingerprint density at radius 1 is 1.08 bits per heavy atom. The van der Waals surface area contributed by atoms with Crippen LogP contribution in [-0.2, 0) is 13.2 Å². The van der Waals surface area contributed by atoms with Crippen molar-refractivity contribution < 1.29 is 14.6 Å². The van der Waals surface area contributed by atoms with Gasteiger partial charge >= 0.3 is 0 Å². The number of aliphatic hydroxyl groups excluding tert-OH is 1. The second-order valence-corrected chi connectivity index (χ2v) is 6.64. The molecule has 0 radical (unpaired) electrons. The summed E-state index contributed by atoms with van der Waals surface area (Å²) >= 11 is 3.60. The number of aliphatic hydroxyl groups is 1. The normalized spacial score (nSPS) is 11.5. The molecule has 0 spiro atoms. The smallest absolute Gasteiger partial charge is 0.175 e. The van der Waals surface area contributed by atoms with E-state index in [0.29, 0.717) is 25.5 Å². The molecule has 0 fully saturated rings. The Balaban J connectivity index is 0.00000338. The average molecular weight is 445 g/mol. The van der Waals surface area contributed by atoms with Crippen molar-refractivity contribution >= 4 is 28.3 Å². The highest BCUT2D eigenvalue weighted by molar-refractivity contribution is 9.10. The first-order valence-corrected chi connectivity index (χ1v) is 9.43. The van der Waals surface area contributed by atoms with Gasteiger partial charge in [-0.15, -0.1) is 12.4 Å². The van der Waals surface area contributed by atoms with E-state index in [1.54, 1.807) is 0 Å². The number of benzene rings is 2. The first kappa shape index (κ1) is 22.8. The molecule has 0 aromatic heterocycles. The molecule has 2 rings (SSSR count). The largest absolute Gasteiger partial charge is 0.490 e. The summed E-state index contributed by atoms with van der Waals surface area (Å²) < 4.78 is 12.6. The van der Waals surface area contributed by atoms with Crippen LogP contribution in [0.25, 0.3) is 0 Å². The monoisotopic (exact) mass is 443 g/mol. The average Bonchev–Trinajstić information content (AvgIpc) is 2.63. The van der Waals surface area contributed by atoms with Crippen LogP contribution in [-0.4, -0.2) is 24.4 Å². The summed E-state index contributed by atoms with van der Waals surface area (Å²) in [5.41, 5.74) is 2.19. The van der Waals surface area contributed by atoms with E-state index in [4.69, 9.17) is 9.47 Å². The van der Waals surface area contributed by atoms with Gasteiger partial charge in [-0.3, -0.25) is 0 Å². The Kier molecular flexibility index (Phi) is 10.7. The van der Waals surface area contributed by atoms with Crippen LogP contribution in [0.1, 0.15) is 31.4 Å². The first-order valence-electron chi connectivity index (χ1n) is 8.64. The minimum absolute atomic E-state index is 0. The van der Waals surface area contributed by atoms with E-state index in [2.05, 4.69) is 28.2 Å². The van der Waals surface area contributed by atoms with Crippen LogP contribution < -0.4 is 14.8 Å². The summed E-state index contributed by atoms with van der Waals surface area (Å²) in [6.07, 6.45) is 0.883. The molecule has 0 bridgehead atoms. The lowest BCUT2D eigenvalue weighted by atomic mass is 10.1. The molecule has 2 N–H and O–H groups in total. The third-order valence-electron chi connectivity index (χ3n) is 3.90. The molecule has 0 aliphatic rings. The quantitative estimate of drug-likeness (QED) is 0.557. The fourth-order valence-corrected chi connectivity index (χ4v) is 3.06. The van der Waals surface area contributed by atoms with E-state index < -0.39 is 0 Å². The highest BCUT2D eigenvalue weighted by Crippen LogP contribution is 2.37. The minimum Gasteiger partial charge on any atom is -0.490 e. The summed E-state index contributed by atoms with van der Waals surface area (Å²) in [4.78, 5) is 0. The number of halogens is 2. The van der Waals surface area contributed by atoms with Gasteiger partial charge in [-0.05, 0) is 52.5 Å². The highest BCUT2D eigenvalue weighted by Gasteiger charge is 2.13. The van der Waals surface area contributed by atoms with E-state index >= 15 is 0 Å². The van der Waals surface area contributed by atoms with Gasteiger partial charge in [0.1, 0.15) is 6.61 Å². The van der Waals surface area contributed by atoms with Crippen molar-refractivity contribution in [3.63, 3.8) is 0 Å². The van der Waals surface area contributed by atoms with Crippen molar-refractivity contribution in [2.24, 2.45) is 0 Å². The molecular weight excluding hydrogens is 418 g/mol. The first-order chi connectivity index (χ1) is 12.2. The van der Waals surface area contributed by atoms with Crippen LogP contribution in [0.2, 0.25) is 0 Å². The Morgan fingerprint density at radius 3 is 2.42 bits per heavy atom. The lowest BCUT2D eigenvalue weighted by molar-refractivity contribution is 0.238. The molecule has 0 amide bonds. The summed E-state index contributed by atoms with van der Waals surface area (Å²) in [7, 11) is 0. The second kappa shape index (κ2) is 12.2. The SMILES string of the molecule is CCOc1cc(CNC(CC)CO)cc(Br)c1OCc1ccccc1.Cl. The van der Waals surface area contributed by atoms with Crippen molar-refractivity contribution in [2.45, 2.75) is 39.5 Å². The van der Waals surface area contributed by atoms with Crippen molar-refractivity contribution in [3.8, 4) is 11.5 Å². The maximum absolute atomic E-state index is 9.30. The second-order valence-electron chi connectivity index (χ2n) is 5.78. The zero-order valence-corrected chi connectivity index (χ0v) is 17.6. The van der Waals surface area contributed by atoms with E-state index in [9.17, 15) is 5.11 Å². The van der Waals surface area contributed by atoms with E-state index in [1.807, 2.05) is 49.4 Å². The molecule has 2 aromatic rings. The molecule has 4 nitrogen and oxygen atoms in total. The van der Waals surface area contributed by atoms with Gasteiger partial charge in [-0.1, -0.05) is 37.3 Å². The van der Waals surface area contributed by atoms with Gasteiger partial charge in [0.15, 0.2) is 11.5 Å². The van der Waals surface area contributed by atoms with Crippen LogP contribution >= 0.6 is 28.3 Å². The Morgan fingerprint density at radius 2 is 1.81 bits per heavy atom. The number of nitrogens with one attached hydrogen (secondary N) is 1. The lowest BCUT2D eigenvalue weighted by Gasteiger charge is -2.17. The molecule has 0 saturated carbocycles. The molecule has 6 heteroatoms. The van der Waals surface area contributed by atoms with Crippen molar-refractivity contribution in [1.82, 2.24) is 5.32 Å². The van der Waals surface area contributed by atoms with Crippen LogP contribution in [0.15, 0.2) is 46.9 Å². The molecule has 2 aromatic carbocycles. The fraction of sp³-hybridized carbons (Fsp3) is 0.400. The van der Waals surface area contributed by atoms with E-state index in [-0.39, 0.29) is 25.1 Å². The molecule has 26 heavy (non-hydrogen) atoms. The molecule has 144 valence electrons. The van der Waals surface area contributed by atoms with Crippen LogP contribution in [0.5, 0.6) is 11.5 Å². The van der Waals surface area contributed by atoms with Crippen molar-refractivity contribution in [3.05, 3.63) is 58.1 Å². The minimum atomic E-state index is 0.